The van der Waals surface area contributed by atoms with Crippen LogP contribution in [0.4, 0.5) is 4.79 Å². The fourth-order valence-electron chi connectivity index (χ4n) is 3.17. The van der Waals surface area contributed by atoms with Crippen LogP contribution in [0.5, 0.6) is 0 Å². The normalized spacial score (nSPS) is 19.4. The Bertz CT molecular complexity index is 612. The summed E-state index contributed by atoms with van der Waals surface area (Å²) in [6.45, 7) is 2.92. The number of carbonyl (C=O) groups excluding carboxylic acids is 2. The first-order valence-corrected chi connectivity index (χ1v) is 9.08. The van der Waals surface area contributed by atoms with Crippen molar-refractivity contribution in [2.45, 2.75) is 45.2 Å². The average Bonchev–Trinajstić information content (AvgIpc) is 2.65. The fraction of sp³-hybridized carbons (Fsp3) is 0.526. The Labute approximate surface area is 153 Å². The van der Waals surface area contributed by atoms with Gasteiger partial charge in [0.15, 0.2) is 0 Å². The Hall–Kier alpha value is -2.57. The molecule has 3 N–H and O–H groups in total. The molecule has 0 atom stereocenters. The van der Waals surface area contributed by atoms with Crippen molar-refractivity contribution in [3.63, 3.8) is 0 Å². The summed E-state index contributed by atoms with van der Waals surface area (Å²) in [6.07, 6.45) is 2.43. The first-order valence-electron chi connectivity index (χ1n) is 9.08. The van der Waals surface area contributed by atoms with Gasteiger partial charge in [-0.25, -0.2) is 4.79 Å². The number of carboxylic acids is 1. The summed E-state index contributed by atoms with van der Waals surface area (Å²) in [5.41, 5.74) is 1.04. The Kier molecular flexibility index (Phi) is 7.44. The summed E-state index contributed by atoms with van der Waals surface area (Å²) >= 11 is 0. The second-order valence-corrected chi connectivity index (χ2v) is 6.61. The van der Waals surface area contributed by atoms with Crippen LogP contribution < -0.4 is 10.6 Å². The maximum absolute atomic E-state index is 12.3. The summed E-state index contributed by atoms with van der Waals surface area (Å²) in [4.78, 5) is 36.9. The lowest BCUT2D eigenvalue weighted by molar-refractivity contribution is -0.142. The van der Waals surface area contributed by atoms with Crippen LogP contribution in [0.3, 0.4) is 0 Å². The number of hydrogen-bond donors (Lipinski definition) is 3. The number of rotatable bonds is 7. The molecule has 1 aliphatic rings. The van der Waals surface area contributed by atoms with Gasteiger partial charge in [0.25, 0.3) is 0 Å². The quantitative estimate of drug-likeness (QED) is 0.691. The molecule has 0 saturated heterocycles. The Morgan fingerprint density at radius 1 is 1.12 bits per heavy atom. The van der Waals surface area contributed by atoms with Gasteiger partial charge in [-0.2, -0.15) is 0 Å². The summed E-state index contributed by atoms with van der Waals surface area (Å²) in [5.74, 6) is -1.22. The predicted molar refractivity (Wildman–Crippen MR) is 97.4 cm³/mol. The van der Waals surface area contributed by atoms with Gasteiger partial charge in [0, 0.05) is 19.1 Å². The van der Waals surface area contributed by atoms with E-state index in [-0.39, 0.29) is 30.4 Å². The molecular formula is C19H27N3O4. The second kappa shape index (κ2) is 9.79. The summed E-state index contributed by atoms with van der Waals surface area (Å²) in [5, 5.41) is 14.4. The van der Waals surface area contributed by atoms with Crippen LogP contribution in [0.2, 0.25) is 0 Å². The highest BCUT2D eigenvalue weighted by Gasteiger charge is 2.26. The lowest BCUT2D eigenvalue weighted by Gasteiger charge is -2.27. The standard InChI is InChI=1S/C19H27N3O4/c1-2-22(13-14-6-4-3-5-7-14)17(23)12-20-19(26)21-16-10-8-15(9-11-16)18(24)25/h3-7,15-16H,2,8-13H2,1H3,(H,24,25)(H2,20,21,26). The Morgan fingerprint density at radius 3 is 2.35 bits per heavy atom. The Balaban J connectivity index is 1.72. The van der Waals surface area contributed by atoms with Gasteiger partial charge < -0.3 is 20.6 Å². The van der Waals surface area contributed by atoms with Crippen LogP contribution in [0.1, 0.15) is 38.2 Å². The number of aliphatic carboxylic acids is 1. The van der Waals surface area contributed by atoms with Gasteiger partial charge in [0.1, 0.15) is 0 Å². The minimum atomic E-state index is -0.767. The molecule has 0 aliphatic heterocycles. The molecule has 142 valence electrons. The molecule has 3 amide bonds. The highest BCUT2D eigenvalue weighted by Crippen LogP contribution is 2.24. The van der Waals surface area contributed by atoms with Crippen LogP contribution in [-0.2, 0) is 16.1 Å². The van der Waals surface area contributed by atoms with E-state index in [0.29, 0.717) is 38.8 Å². The minimum absolute atomic E-state index is 0.0349. The molecule has 0 unspecified atom stereocenters. The molecule has 7 heteroatoms. The fourth-order valence-corrected chi connectivity index (χ4v) is 3.17. The van der Waals surface area contributed by atoms with Crippen LogP contribution >= 0.6 is 0 Å². The van der Waals surface area contributed by atoms with Crippen molar-refractivity contribution in [1.82, 2.24) is 15.5 Å². The first-order chi connectivity index (χ1) is 12.5. The minimum Gasteiger partial charge on any atom is -0.481 e. The lowest BCUT2D eigenvalue weighted by atomic mass is 9.86. The van der Waals surface area contributed by atoms with E-state index in [4.69, 9.17) is 5.11 Å². The average molecular weight is 361 g/mol. The number of nitrogens with one attached hydrogen (secondary N) is 2. The summed E-state index contributed by atoms with van der Waals surface area (Å²) in [7, 11) is 0. The molecule has 2 rings (SSSR count). The number of carboxylic acid groups (broad SMARTS) is 1. The molecule has 0 heterocycles. The zero-order chi connectivity index (χ0) is 18.9. The zero-order valence-electron chi connectivity index (χ0n) is 15.1. The number of carbonyl (C=O) groups is 3. The largest absolute Gasteiger partial charge is 0.481 e. The number of hydrogen-bond acceptors (Lipinski definition) is 3. The van der Waals surface area contributed by atoms with Crippen molar-refractivity contribution < 1.29 is 19.5 Å². The van der Waals surface area contributed by atoms with Gasteiger partial charge in [-0.05, 0) is 38.2 Å². The molecule has 0 aromatic heterocycles. The van der Waals surface area contributed by atoms with Gasteiger partial charge in [-0.1, -0.05) is 30.3 Å². The molecule has 1 aromatic rings. The number of nitrogens with zero attached hydrogens (tertiary/aromatic N) is 1. The van der Waals surface area contributed by atoms with Crippen LogP contribution in [0.25, 0.3) is 0 Å². The van der Waals surface area contributed by atoms with E-state index < -0.39 is 5.97 Å². The molecule has 7 nitrogen and oxygen atoms in total. The molecule has 1 fully saturated rings. The van der Waals surface area contributed by atoms with Gasteiger partial charge >= 0.3 is 12.0 Å². The summed E-state index contributed by atoms with van der Waals surface area (Å²) < 4.78 is 0. The second-order valence-electron chi connectivity index (χ2n) is 6.61. The van der Waals surface area contributed by atoms with E-state index in [1.807, 2.05) is 37.3 Å². The van der Waals surface area contributed by atoms with Gasteiger partial charge in [0.05, 0.1) is 12.5 Å². The zero-order valence-corrected chi connectivity index (χ0v) is 15.1. The van der Waals surface area contributed by atoms with Crippen molar-refractivity contribution >= 4 is 17.9 Å². The van der Waals surface area contributed by atoms with E-state index in [9.17, 15) is 14.4 Å². The first kappa shape index (κ1) is 19.8. The van der Waals surface area contributed by atoms with E-state index in [0.717, 1.165) is 5.56 Å². The molecule has 1 aliphatic carbocycles. The van der Waals surface area contributed by atoms with Crippen molar-refractivity contribution in [2.75, 3.05) is 13.1 Å². The smallest absolute Gasteiger partial charge is 0.315 e. The van der Waals surface area contributed by atoms with Crippen molar-refractivity contribution in [3.05, 3.63) is 35.9 Å². The molecule has 0 radical (unpaired) electrons. The monoisotopic (exact) mass is 361 g/mol. The highest BCUT2D eigenvalue weighted by molar-refractivity contribution is 5.84. The third-order valence-electron chi connectivity index (χ3n) is 4.76. The third-order valence-corrected chi connectivity index (χ3v) is 4.76. The topological polar surface area (TPSA) is 98.7 Å². The number of amides is 3. The predicted octanol–water partition coefficient (Wildman–Crippen LogP) is 1.98. The van der Waals surface area contributed by atoms with Gasteiger partial charge in [0.2, 0.25) is 5.91 Å². The number of benzene rings is 1. The van der Waals surface area contributed by atoms with Gasteiger partial charge in [-0.3, -0.25) is 9.59 Å². The maximum atomic E-state index is 12.3. The molecule has 0 spiro atoms. The van der Waals surface area contributed by atoms with E-state index >= 15 is 0 Å². The van der Waals surface area contributed by atoms with Crippen LogP contribution in [0, 0.1) is 5.92 Å². The summed E-state index contributed by atoms with van der Waals surface area (Å²) in [6, 6.07) is 9.29. The highest BCUT2D eigenvalue weighted by atomic mass is 16.4. The number of urea groups is 1. The molecule has 0 bridgehead atoms. The van der Waals surface area contributed by atoms with Crippen molar-refractivity contribution in [2.24, 2.45) is 5.92 Å². The lowest BCUT2D eigenvalue weighted by Crippen LogP contribution is -2.47. The van der Waals surface area contributed by atoms with E-state index in [2.05, 4.69) is 10.6 Å². The Morgan fingerprint density at radius 2 is 1.77 bits per heavy atom. The number of likely N-dealkylation sites (N-methyl/N-ethyl adjacent to an activating group) is 1. The molecule has 1 aromatic carbocycles. The molecular weight excluding hydrogens is 334 g/mol. The third kappa shape index (κ3) is 6.06. The molecule has 1 saturated carbocycles. The van der Waals surface area contributed by atoms with E-state index in [1.54, 1.807) is 4.90 Å². The van der Waals surface area contributed by atoms with E-state index in [1.165, 1.54) is 0 Å². The van der Waals surface area contributed by atoms with Crippen LogP contribution in [0.15, 0.2) is 30.3 Å². The maximum Gasteiger partial charge on any atom is 0.315 e. The van der Waals surface area contributed by atoms with Crippen molar-refractivity contribution in [1.29, 1.82) is 0 Å². The molecule has 26 heavy (non-hydrogen) atoms. The van der Waals surface area contributed by atoms with Crippen LogP contribution in [-0.4, -0.2) is 47.0 Å². The van der Waals surface area contributed by atoms with Gasteiger partial charge in [-0.15, -0.1) is 0 Å². The SMILES string of the molecule is CCN(Cc1ccccc1)C(=O)CNC(=O)NC1CCC(C(=O)O)CC1. The van der Waals surface area contributed by atoms with Crippen molar-refractivity contribution in [3.8, 4) is 0 Å².